The largest absolute Gasteiger partial charge is 0.369 e. The lowest BCUT2D eigenvalue weighted by Gasteiger charge is -2.25. The van der Waals surface area contributed by atoms with E-state index in [-0.39, 0.29) is 0 Å². The fourth-order valence-electron chi connectivity index (χ4n) is 2.60. The van der Waals surface area contributed by atoms with Crippen LogP contribution >= 0.6 is 11.8 Å². The van der Waals surface area contributed by atoms with Gasteiger partial charge < -0.3 is 15.0 Å². The van der Waals surface area contributed by atoms with Gasteiger partial charge in [0, 0.05) is 16.8 Å². The molecule has 5 heteroatoms. The van der Waals surface area contributed by atoms with Crippen LogP contribution in [-0.4, -0.2) is 20.9 Å². The van der Waals surface area contributed by atoms with Crippen molar-refractivity contribution in [1.29, 1.82) is 0 Å². The lowest BCUT2D eigenvalue weighted by atomic mass is 10.3. The molecule has 0 saturated carbocycles. The van der Waals surface area contributed by atoms with Gasteiger partial charge in [-0.1, -0.05) is 36.0 Å². The van der Waals surface area contributed by atoms with Crippen molar-refractivity contribution < 1.29 is 5.11 Å². The first-order valence-electron chi connectivity index (χ1n) is 7.07. The number of nitrogens with zero attached hydrogens (tertiary/aromatic N) is 2. The van der Waals surface area contributed by atoms with Gasteiger partial charge in [-0.2, -0.15) is 0 Å². The molecule has 1 aromatic heterocycles. The van der Waals surface area contributed by atoms with Gasteiger partial charge in [-0.3, -0.25) is 0 Å². The summed E-state index contributed by atoms with van der Waals surface area (Å²) in [6.07, 6.45) is 1.23. The van der Waals surface area contributed by atoms with E-state index in [2.05, 4.69) is 10.3 Å². The Morgan fingerprint density at radius 1 is 1.18 bits per heavy atom. The Morgan fingerprint density at radius 3 is 2.82 bits per heavy atom. The molecule has 110 valence electrons. The molecule has 2 N–H and O–H groups in total. The zero-order valence-corrected chi connectivity index (χ0v) is 12.8. The van der Waals surface area contributed by atoms with Crippen LogP contribution in [0.5, 0.6) is 0 Å². The molecule has 2 aromatic carbocycles. The van der Waals surface area contributed by atoms with Gasteiger partial charge in [0.1, 0.15) is 5.82 Å². The van der Waals surface area contributed by atoms with Gasteiger partial charge in [0.2, 0.25) is 0 Å². The van der Waals surface area contributed by atoms with E-state index < -0.39 is 6.23 Å². The molecule has 1 unspecified atom stereocenters. The summed E-state index contributed by atoms with van der Waals surface area (Å²) in [6, 6.07) is 16.0. The molecule has 0 spiro atoms. The van der Waals surface area contributed by atoms with Crippen molar-refractivity contribution in [3.8, 4) is 0 Å². The Hall–Kier alpha value is -2.24. The topological polar surface area (TPSA) is 50.1 Å². The number of hydrogen-bond donors (Lipinski definition) is 2. The number of imidazole rings is 1. The van der Waals surface area contributed by atoms with Crippen molar-refractivity contribution in [3.63, 3.8) is 0 Å². The van der Waals surface area contributed by atoms with Crippen molar-refractivity contribution in [2.45, 2.75) is 11.1 Å². The Morgan fingerprint density at radius 2 is 1.95 bits per heavy atom. The van der Waals surface area contributed by atoms with Crippen molar-refractivity contribution >= 4 is 34.6 Å². The summed E-state index contributed by atoms with van der Waals surface area (Å²) in [5.74, 6) is 0.837. The predicted molar refractivity (Wildman–Crippen MR) is 90.6 cm³/mol. The van der Waals surface area contributed by atoms with Crippen LogP contribution < -0.4 is 5.32 Å². The van der Waals surface area contributed by atoms with E-state index in [0.29, 0.717) is 0 Å². The van der Waals surface area contributed by atoms with Crippen molar-refractivity contribution in [2.75, 3.05) is 5.32 Å². The fourth-order valence-corrected chi connectivity index (χ4v) is 3.58. The fraction of sp³-hybridized carbons (Fsp3) is 0.118. The Balaban J connectivity index is 1.77. The van der Waals surface area contributed by atoms with Crippen LogP contribution in [0.1, 0.15) is 5.82 Å². The van der Waals surface area contributed by atoms with Gasteiger partial charge in [-0.15, -0.1) is 0 Å². The molecule has 2 heterocycles. The van der Waals surface area contributed by atoms with E-state index in [1.807, 2.05) is 66.2 Å². The van der Waals surface area contributed by atoms with Gasteiger partial charge >= 0.3 is 0 Å². The summed E-state index contributed by atoms with van der Waals surface area (Å²) in [5, 5.41) is 13.4. The minimum Gasteiger partial charge on any atom is -0.369 e. The van der Waals surface area contributed by atoms with Gasteiger partial charge in [-0.25, -0.2) is 4.98 Å². The van der Waals surface area contributed by atoms with Crippen LogP contribution in [-0.2, 0) is 7.05 Å². The molecule has 0 amide bonds. The first-order valence-corrected chi connectivity index (χ1v) is 7.88. The minimum atomic E-state index is -0.709. The molecular formula is C17H15N3OS. The molecule has 1 aliphatic rings. The third kappa shape index (κ3) is 2.19. The lowest BCUT2D eigenvalue weighted by Crippen LogP contribution is -2.23. The number of aliphatic hydroxyl groups excluding tert-OH is 1. The lowest BCUT2D eigenvalue weighted by molar-refractivity contribution is 0.248. The maximum Gasteiger partial charge on any atom is 0.157 e. The predicted octanol–water partition coefficient (Wildman–Crippen LogP) is 3.45. The molecule has 3 aromatic rings. The standard InChI is InChI=1S/C17H15N3OS/c1-20-13-8-4-2-6-11(13)18-16(20)10-15-17(21)19-12-7-3-5-9-14(12)22-15/h2-10,17,19,21H,1H3/b15-10+. The minimum absolute atomic E-state index is 0.709. The van der Waals surface area contributed by atoms with E-state index in [9.17, 15) is 5.11 Å². The van der Waals surface area contributed by atoms with Crippen LogP contribution in [0.15, 0.2) is 58.3 Å². The van der Waals surface area contributed by atoms with E-state index in [4.69, 9.17) is 0 Å². The molecule has 0 saturated heterocycles. The molecule has 1 aliphatic heterocycles. The Kier molecular flexibility index (Phi) is 3.17. The van der Waals surface area contributed by atoms with Crippen molar-refractivity contribution in [1.82, 2.24) is 9.55 Å². The Labute approximate surface area is 132 Å². The number of thioether (sulfide) groups is 1. The van der Waals surface area contributed by atoms with E-state index in [1.165, 1.54) is 0 Å². The van der Waals surface area contributed by atoms with Crippen molar-refractivity contribution in [2.24, 2.45) is 7.05 Å². The highest BCUT2D eigenvalue weighted by atomic mass is 32.2. The summed E-state index contributed by atoms with van der Waals surface area (Å²) in [5.41, 5.74) is 3.00. The highest BCUT2D eigenvalue weighted by Crippen LogP contribution is 2.40. The summed E-state index contributed by atoms with van der Waals surface area (Å²) < 4.78 is 2.04. The number of aliphatic hydroxyl groups is 1. The number of para-hydroxylation sites is 3. The number of benzene rings is 2. The maximum atomic E-state index is 10.3. The molecule has 22 heavy (non-hydrogen) atoms. The SMILES string of the molecule is Cn1c(/C=C2/Sc3ccccc3NC2O)nc2ccccc21. The number of rotatable bonds is 1. The van der Waals surface area contributed by atoms with E-state index in [1.54, 1.807) is 11.8 Å². The van der Waals surface area contributed by atoms with Crippen LogP contribution in [0.3, 0.4) is 0 Å². The second-order valence-electron chi connectivity index (χ2n) is 5.21. The maximum absolute atomic E-state index is 10.3. The van der Waals surface area contributed by atoms with Crippen molar-refractivity contribution in [3.05, 3.63) is 59.3 Å². The molecule has 0 aliphatic carbocycles. The molecule has 0 bridgehead atoms. The number of fused-ring (bicyclic) bond motifs is 2. The number of hydrogen-bond acceptors (Lipinski definition) is 4. The van der Waals surface area contributed by atoms with Gasteiger partial charge in [0.25, 0.3) is 0 Å². The van der Waals surface area contributed by atoms with Gasteiger partial charge in [0.05, 0.1) is 16.7 Å². The summed E-state index contributed by atoms with van der Waals surface area (Å²) in [6.45, 7) is 0. The van der Waals surface area contributed by atoms with E-state index >= 15 is 0 Å². The number of aryl methyl sites for hydroxylation is 1. The third-order valence-corrected chi connectivity index (χ3v) is 4.92. The third-order valence-electron chi connectivity index (χ3n) is 3.77. The summed E-state index contributed by atoms with van der Waals surface area (Å²) in [4.78, 5) is 6.58. The molecular weight excluding hydrogens is 294 g/mol. The molecule has 0 fully saturated rings. The van der Waals surface area contributed by atoms with Crippen LogP contribution in [0.25, 0.3) is 17.1 Å². The van der Waals surface area contributed by atoms with Gasteiger partial charge in [-0.05, 0) is 30.3 Å². The smallest absolute Gasteiger partial charge is 0.157 e. The average molecular weight is 309 g/mol. The van der Waals surface area contributed by atoms with Crippen LogP contribution in [0.2, 0.25) is 0 Å². The zero-order valence-electron chi connectivity index (χ0n) is 12.0. The first-order chi connectivity index (χ1) is 10.7. The van der Waals surface area contributed by atoms with Crippen LogP contribution in [0.4, 0.5) is 5.69 Å². The second kappa shape index (κ2) is 5.19. The summed E-state index contributed by atoms with van der Waals surface area (Å²) >= 11 is 1.57. The monoisotopic (exact) mass is 309 g/mol. The number of nitrogens with one attached hydrogen (secondary N) is 1. The highest BCUT2D eigenvalue weighted by molar-refractivity contribution is 8.03. The van der Waals surface area contributed by atoms with Crippen LogP contribution in [0, 0.1) is 0 Å². The molecule has 4 rings (SSSR count). The highest BCUT2D eigenvalue weighted by Gasteiger charge is 2.21. The number of aromatic nitrogens is 2. The molecule has 4 nitrogen and oxygen atoms in total. The molecule has 0 radical (unpaired) electrons. The quantitative estimate of drug-likeness (QED) is 0.723. The first kappa shape index (κ1) is 13.4. The van der Waals surface area contributed by atoms with E-state index in [0.717, 1.165) is 32.3 Å². The number of anilines is 1. The molecule has 1 atom stereocenters. The zero-order chi connectivity index (χ0) is 15.1. The average Bonchev–Trinajstić information content (AvgIpc) is 2.85. The summed E-state index contributed by atoms with van der Waals surface area (Å²) in [7, 11) is 1.99. The second-order valence-corrected chi connectivity index (χ2v) is 6.32. The normalized spacial score (nSPS) is 19.2. The Bertz CT molecular complexity index is 884. The van der Waals surface area contributed by atoms with Gasteiger partial charge in [0.15, 0.2) is 6.23 Å².